The molecule has 18 heteroatoms. The number of hydrogen-bond acceptors (Lipinski definition) is 16. The van der Waals surface area contributed by atoms with Crippen molar-refractivity contribution in [2.24, 2.45) is 5.18 Å². The van der Waals surface area contributed by atoms with Crippen molar-refractivity contribution < 1.29 is 69.1 Å². The number of nitrogens with zero attached hydrogens (tertiary/aromatic N) is 1. The number of carbonyl (C=O) groups excluding carboxylic acids is 3. The lowest BCUT2D eigenvalue weighted by Gasteiger charge is -2.39. The molecule has 11 atom stereocenters. The van der Waals surface area contributed by atoms with Gasteiger partial charge in [-0.2, -0.15) is 4.91 Å². The van der Waals surface area contributed by atoms with Crippen LogP contribution in [-0.4, -0.2) is 154 Å². The molecule has 2 aliphatic heterocycles. The summed E-state index contributed by atoms with van der Waals surface area (Å²) in [5.41, 5.74) is 0. The van der Waals surface area contributed by atoms with E-state index in [1.165, 1.54) is 6.92 Å². The van der Waals surface area contributed by atoms with Gasteiger partial charge in [0.2, 0.25) is 11.8 Å². The Balaban J connectivity index is 1.53. The number of ketones is 1. The fraction of sp³-hybridized carbons (Fsp3) is 0.897. The molecule has 18 nitrogen and oxygen atoms in total. The standard InChI is InChI=1S/C29H51N3O15/c1-16(35)17(31-21(37)10-4-7-13-45-29-27(42)25(40)23(38)19(15-34)47-29)8-2-5-11-30-20(36)9-3-6-12-44-28-26(41)24(39)22(32-43)18(14-33)46-28/h17-19,22-29,33-34,38-42H,2-15H2,1H3,(H,30,36)(H,31,37). The van der Waals surface area contributed by atoms with E-state index in [4.69, 9.17) is 18.9 Å². The number of unbranched alkanes of at least 4 members (excludes halogenated alkanes) is 3. The SMILES string of the molecule is CC(=O)C(CCCCNC(=O)CCCCOC1OC(CO)C(N=O)C(O)C1O)NC(=O)CCCCOC1OC(CO)C(O)C(O)C1O. The predicted molar refractivity (Wildman–Crippen MR) is 160 cm³/mol. The van der Waals surface area contributed by atoms with Gasteiger partial charge in [-0.05, 0) is 51.9 Å². The Morgan fingerprint density at radius 1 is 0.723 bits per heavy atom. The molecule has 0 aromatic heterocycles. The van der Waals surface area contributed by atoms with E-state index in [0.29, 0.717) is 51.5 Å². The molecule has 2 heterocycles. The van der Waals surface area contributed by atoms with Crippen LogP contribution >= 0.6 is 0 Å². The van der Waals surface area contributed by atoms with Gasteiger partial charge in [-0.1, -0.05) is 5.18 Å². The first-order valence-corrected chi connectivity index (χ1v) is 16.0. The Labute approximate surface area is 272 Å². The monoisotopic (exact) mass is 681 g/mol. The van der Waals surface area contributed by atoms with Crippen LogP contribution in [0.4, 0.5) is 0 Å². The molecule has 0 aromatic rings. The highest BCUT2D eigenvalue weighted by Crippen LogP contribution is 2.25. The van der Waals surface area contributed by atoms with Gasteiger partial charge < -0.3 is 65.3 Å². The van der Waals surface area contributed by atoms with Gasteiger partial charge in [0.15, 0.2) is 18.4 Å². The molecule has 2 rings (SSSR count). The second-order valence-corrected chi connectivity index (χ2v) is 11.7. The van der Waals surface area contributed by atoms with Gasteiger partial charge in [0.05, 0.1) is 19.3 Å². The molecule has 0 bridgehead atoms. The number of nitroso groups, excluding NO2 is 1. The summed E-state index contributed by atoms with van der Waals surface area (Å²) in [7, 11) is 0. The maximum Gasteiger partial charge on any atom is 0.220 e. The largest absolute Gasteiger partial charge is 0.394 e. The summed E-state index contributed by atoms with van der Waals surface area (Å²) in [4.78, 5) is 47.3. The molecular weight excluding hydrogens is 630 g/mol. The lowest BCUT2D eigenvalue weighted by Crippen LogP contribution is -2.59. The highest BCUT2D eigenvalue weighted by molar-refractivity contribution is 5.87. The molecule has 9 N–H and O–H groups in total. The summed E-state index contributed by atoms with van der Waals surface area (Å²) in [5.74, 6) is -0.684. The van der Waals surface area contributed by atoms with E-state index in [-0.39, 0.29) is 43.7 Å². The van der Waals surface area contributed by atoms with Crippen LogP contribution in [0, 0.1) is 4.91 Å². The van der Waals surface area contributed by atoms with Crippen LogP contribution in [0.5, 0.6) is 0 Å². The number of hydrogen-bond donors (Lipinski definition) is 9. The fourth-order valence-corrected chi connectivity index (χ4v) is 5.15. The molecule has 2 aliphatic rings. The quantitative estimate of drug-likeness (QED) is 0.0409. The summed E-state index contributed by atoms with van der Waals surface area (Å²) >= 11 is 0. The Bertz CT molecular complexity index is 958. The van der Waals surface area contributed by atoms with E-state index in [1.807, 2.05) is 0 Å². The zero-order valence-corrected chi connectivity index (χ0v) is 26.6. The maximum atomic E-state index is 12.4. The molecular formula is C29H51N3O15. The summed E-state index contributed by atoms with van der Waals surface area (Å²) in [6.45, 7) is 0.819. The van der Waals surface area contributed by atoms with Gasteiger partial charge in [-0.15, -0.1) is 0 Å². The first-order valence-electron chi connectivity index (χ1n) is 16.0. The van der Waals surface area contributed by atoms with Gasteiger partial charge >= 0.3 is 0 Å². The number of carbonyl (C=O) groups is 3. The zero-order chi connectivity index (χ0) is 34.9. The smallest absolute Gasteiger partial charge is 0.220 e. The average Bonchev–Trinajstić information content (AvgIpc) is 3.05. The van der Waals surface area contributed by atoms with Crippen LogP contribution in [0.1, 0.15) is 64.7 Å². The number of amides is 2. The van der Waals surface area contributed by atoms with E-state index in [1.54, 1.807) is 0 Å². The van der Waals surface area contributed by atoms with Crippen molar-refractivity contribution >= 4 is 17.6 Å². The molecule has 0 aliphatic carbocycles. The van der Waals surface area contributed by atoms with Crippen molar-refractivity contribution in [2.75, 3.05) is 33.0 Å². The van der Waals surface area contributed by atoms with Crippen LogP contribution in [0.15, 0.2) is 5.18 Å². The number of aliphatic hydroxyl groups excluding tert-OH is 7. The van der Waals surface area contributed by atoms with Gasteiger partial charge in [0.1, 0.15) is 48.8 Å². The number of rotatable bonds is 22. The van der Waals surface area contributed by atoms with E-state index in [9.17, 15) is 55.0 Å². The van der Waals surface area contributed by atoms with Crippen LogP contribution in [-0.2, 0) is 33.3 Å². The minimum absolute atomic E-state index is 0.0871. The molecule has 0 radical (unpaired) electrons. The van der Waals surface area contributed by atoms with Gasteiger partial charge in [-0.3, -0.25) is 14.4 Å². The normalized spacial score (nSPS) is 31.6. The lowest BCUT2D eigenvalue weighted by atomic mass is 9.97. The minimum atomic E-state index is -1.54. The van der Waals surface area contributed by atoms with Crippen molar-refractivity contribution in [1.82, 2.24) is 10.6 Å². The van der Waals surface area contributed by atoms with Gasteiger partial charge in [0.25, 0.3) is 0 Å². The van der Waals surface area contributed by atoms with Crippen molar-refractivity contribution in [1.29, 1.82) is 0 Å². The molecule has 47 heavy (non-hydrogen) atoms. The Morgan fingerprint density at radius 2 is 1.28 bits per heavy atom. The van der Waals surface area contributed by atoms with Crippen molar-refractivity contribution in [2.45, 2.75) is 132 Å². The molecule has 2 amide bonds. The average molecular weight is 682 g/mol. The summed E-state index contributed by atoms with van der Waals surface area (Å²) in [6.07, 6.45) is -8.56. The molecule has 0 aromatic carbocycles. The topological polar surface area (TPSA) is 283 Å². The lowest BCUT2D eigenvalue weighted by molar-refractivity contribution is -0.301. The molecule has 272 valence electrons. The van der Waals surface area contributed by atoms with Crippen LogP contribution in [0.2, 0.25) is 0 Å². The molecule has 0 saturated carbocycles. The van der Waals surface area contributed by atoms with Gasteiger partial charge in [-0.25, -0.2) is 0 Å². The highest BCUT2D eigenvalue weighted by atomic mass is 16.7. The molecule has 2 fully saturated rings. The Hall–Kier alpha value is -2.23. The number of Topliss-reactive ketones (excluding diaryl/α,β-unsaturated/α-hetero) is 1. The first kappa shape index (κ1) is 40.9. The summed E-state index contributed by atoms with van der Waals surface area (Å²) < 4.78 is 21.4. The summed E-state index contributed by atoms with van der Waals surface area (Å²) in [6, 6.07) is -1.98. The molecule has 2 saturated heterocycles. The third kappa shape index (κ3) is 13.3. The third-order valence-electron chi connectivity index (χ3n) is 8.05. The van der Waals surface area contributed by atoms with E-state index < -0.39 is 80.6 Å². The second kappa shape index (κ2) is 21.7. The van der Waals surface area contributed by atoms with E-state index >= 15 is 0 Å². The molecule has 0 spiro atoms. The summed E-state index contributed by atoms with van der Waals surface area (Å²) in [5, 5.41) is 76.3. The van der Waals surface area contributed by atoms with Crippen molar-refractivity contribution in [3.05, 3.63) is 4.91 Å². The van der Waals surface area contributed by atoms with Crippen LogP contribution in [0.25, 0.3) is 0 Å². The Kier molecular flexibility index (Phi) is 18.9. The van der Waals surface area contributed by atoms with Crippen LogP contribution in [0.3, 0.4) is 0 Å². The van der Waals surface area contributed by atoms with Crippen molar-refractivity contribution in [3.8, 4) is 0 Å². The second-order valence-electron chi connectivity index (χ2n) is 11.7. The Morgan fingerprint density at radius 3 is 1.83 bits per heavy atom. The van der Waals surface area contributed by atoms with E-state index in [2.05, 4.69) is 15.8 Å². The number of ether oxygens (including phenoxy) is 4. The first-order chi connectivity index (χ1) is 22.4. The third-order valence-corrected chi connectivity index (χ3v) is 8.05. The highest BCUT2D eigenvalue weighted by Gasteiger charge is 2.46. The predicted octanol–water partition coefficient (Wildman–Crippen LogP) is -2.91. The van der Waals surface area contributed by atoms with Crippen LogP contribution < -0.4 is 10.6 Å². The van der Waals surface area contributed by atoms with Gasteiger partial charge in [0, 0.05) is 32.6 Å². The number of aliphatic hydroxyl groups is 7. The minimum Gasteiger partial charge on any atom is -0.394 e. The zero-order valence-electron chi connectivity index (χ0n) is 26.6. The maximum absolute atomic E-state index is 12.4. The fourth-order valence-electron chi connectivity index (χ4n) is 5.15. The number of nitrogens with one attached hydrogen (secondary N) is 2. The van der Waals surface area contributed by atoms with Crippen molar-refractivity contribution in [3.63, 3.8) is 0 Å². The van der Waals surface area contributed by atoms with E-state index in [0.717, 1.165) is 0 Å². The molecule has 11 unspecified atom stereocenters.